The molecule has 7 heteroatoms. The summed E-state index contributed by atoms with van der Waals surface area (Å²) < 4.78 is 11.1. The fraction of sp³-hybridized carbons (Fsp3) is 0.333. The molecule has 164 valence electrons. The minimum atomic E-state index is -0.379. The van der Waals surface area contributed by atoms with E-state index in [0.717, 1.165) is 31.6 Å². The molecule has 2 amide bonds. The van der Waals surface area contributed by atoms with E-state index in [1.807, 2.05) is 24.3 Å². The predicted octanol–water partition coefficient (Wildman–Crippen LogP) is 3.53. The van der Waals surface area contributed by atoms with Crippen molar-refractivity contribution in [2.45, 2.75) is 20.3 Å². The van der Waals surface area contributed by atoms with Crippen molar-refractivity contribution in [3.05, 3.63) is 59.4 Å². The van der Waals surface area contributed by atoms with Gasteiger partial charge in [0.25, 0.3) is 11.8 Å². The Labute approximate surface area is 183 Å². The Hall–Kier alpha value is -3.32. The highest BCUT2D eigenvalue weighted by Crippen LogP contribution is 2.33. The largest absolute Gasteiger partial charge is 0.496 e. The Morgan fingerprint density at radius 3 is 2.71 bits per heavy atom. The van der Waals surface area contributed by atoms with E-state index >= 15 is 0 Å². The molecule has 7 nitrogen and oxygen atoms in total. The minimum Gasteiger partial charge on any atom is -0.496 e. The van der Waals surface area contributed by atoms with E-state index in [1.54, 1.807) is 31.4 Å². The van der Waals surface area contributed by atoms with Crippen LogP contribution in [0.2, 0.25) is 0 Å². The molecule has 1 aliphatic heterocycles. The van der Waals surface area contributed by atoms with E-state index < -0.39 is 0 Å². The number of para-hydroxylation sites is 1. The van der Waals surface area contributed by atoms with Crippen LogP contribution in [0.5, 0.6) is 11.5 Å². The van der Waals surface area contributed by atoms with Crippen molar-refractivity contribution < 1.29 is 19.1 Å². The first-order valence-corrected chi connectivity index (χ1v) is 10.5. The van der Waals surface area contributed by atoms with Crippen molar-refractivity contribution in [2.24, 2.45) is 0 Å². The number of nitrogens with zero attached hydrogens (tertiary/aromatic N) is 1. The summed E-state index contributed by atoms with van der Waals surface area (Å²) in [7, 11) is 1.57. The predicted molar refractivity (Wildman–Crippen MR) is 121 cm³/mol. The molecule has 0 saturated carbocycles. The Morgan fingerprint density at radius 2 is 1.97 bits per heavy atom. The average molecular weight is 424 g/mol. The number of hydrogen-bond donors (Lipinski definition) is 2. The summed E-state index contributed by atoms with van der Waals surface area (Å²) >= 11 is 0. The molecule has 3 rings (SSSR count). The number of amides is 2. The molecular formula is C24H29N3O4. The monoisotopic (exact) mass is 423 g/mol. The molecule has 0 saturated heterocycles. The van der Waals surface area contributed by atoms with E-state index in [4.69, 9.17) is 9.47 Å². The lowest BCUT2D eigenvalue weighted by atomic mass is 10.1. The van der Waals surface area contributed by atoms with Crippen LogP contribution in [0.15, 0.2) is 48.2 Å². The number of carbonyl (C=O) groups excluding carboxylic acids is 2. The zero-order chi connectivity index (χ0) is 22.2. The minimum absolute atomic E-state index is 0.158. The van der Waals surface area contributed by atoms with Gasteiger partial charge in [-0.1, -0.05) is 32.0 Å². The topological polar surface area (TPSA) is 79.9 Å². The molecule has 0 aromatic heterocycles. The van der Waals surface area contributed by atoms with Crippen LogP contribution in [0.4, 0.5) is 5.69 Å². The van der Waals surface area contributed by atoms with Crippen molar-refractivity contribution in [3.8, 4) is 11.5 Å². The number of nitrogens with one attached hydrogen (secondary N) is 2. The molecule has 0 spiro atoms. The van der Waals surface area contributed by atoms with Crippen LogP contribution in [-0.4, -0.2) is 50.0 Å². The molecule has 0 atom stereocenters. The molecule has 31 heavy (non-hydrogen) atoms. The van der Waals surface area contributed by atoms with Crippen LogP contribution in [-0.2, 0) is 4.79 Å². The summed E-state index contributed by atoms with van der Waals surface area (Å²) in [6, 6.07) is 12.4. The van der Waals surface area contributed by atoms with Crippen molar-refractivity contribution in [1.82, 2.24) is 10.2 Å². The molecule has 0 fully saturated rings. The van der Waals surface area contributed by atoms with Gasteiger partial charge in [-0.3, -0.25) is 9.59 Å². The lowest BCUT2D eigenvalue weighted by Crippen LogP contribution is -2.30. The van der Waals surface area contributed by atoms with E-state index in [1.165, 1.54) is 0 Å². The van der Waals surface area contributed by atoms with Crippen molar-refractivity contribution in [1.29, 1.82) is 0 Å². The van der Waals surface area contributed by atoms with Gasteiger partial charge in [0.2, 0.25) is 0 Å². The van der Waals surface area contributed by atoms with Gasteiger partial charge < -0.3 is 25.0 Å². The molecule has 2 aromatic carbocycles. The molecular weight excluding hydrogens is 394 g/mol. The number of anilines is 1. The maximum Gasteiger partial charge on any atom is 0.291 e. The van der Waals surface area contributed by atoms with Gasteiger partial charge >= 0.3 is 0 Å². The van der Waals surface area contributed by atoms with Gasteiger partial charge in [0.05, 0.1) is 12.8 Å². The number of fused-ring (bicyclic) bond motifs is 1. The Morgan fingerprint density at radius 1 is 1.19 bits per heavy atom. The Balaban J connectivity index is 1.66. The van der Waals surface area contributed by atoms with Gasteiger partial charge in [-0.05, 0) is 56.4 Å². The second kappa shape index (κ2) is 10.6. The summed E-state index contributed by atoms with van der Waals surface area (Å²) in [5.74, 6) is 0.733. The average Bonchev–Trinajstić information content (AvgIpc) is 2.79. The Kier molecular flexibility index (Phi) is 7.67. The fourth-order valence-electron chi connectivity index (χ4n) is 3.38. The molecule has 1 heterocycles. The van der Waals surface area contributed by atoms with E-state index in [0.29, 0.717) is 29.3 Å². The quantitative estimate of drug-likeness (QED) is 0.476. The SMILES string of the molecule is CCN(CC)CCCNC(=O)c1ccc2c(c1)NC(=O)/C(=C/c1ccccc1OC)O2. The number of methoxy groups -OCH3 is 1. The van der Waals surface area contributed by atoms with Crippen molar-refractivity contribution in [3.63, 3.8) is 0 Å². The normalized spacial score (nSPS) is 14.1. The zero-order valence-electron chi connectivity index (χ0n) is 18.2. The summed E-state index contributed by atoms with van der Waals surface area (Å²) in [5, 5.41) is 5.73. The summed E-state index contributed by atoms with van der Waals surface area (Å²) in [5.41, 5.74) is 1.68. The standard InChI is InChI=1S/C24H29N3O4/c1-4-27(5-2)14-8-13-25-23(28)18-11-12-21-19(15-18)26-24(29)22(31-21)16-17-9-6-7-10-20(17)30-3/h6-7,9-12,15-16H,4-5,8,13-14H2,1-3H3,(H,25,28)(H,26,29)/b22-16-. The third-order valence-corrected chi connectivity index (χ3v) is 5.19. The zero-order valence-corrected chi connectivity index (χ0v) is 18.2. The van der Waals surface area contributed by atoms with Gasteiger partial charge in [-0.2, -0.15) is 0 Å². The highest BCUT2D eigenvalue weighted by Gasteiger charge is 2.23. The third-order valence-electron chi connectivity index (χ3n) is 5.19. The third kappa shape index (κ3) is 5.64. The van der Waals surface area contributed by atoms with Crippen LogP contribution in [0.25, 0.3) is 6.08 Å². The smallest absolute Gasteiger partial charge is 0.291 e. The lowest BCUT2D eigenvalue weighted by molar-refractivity contribution is -0.115. The van der Waals surface area contributed by atoms with Crippen LogP contribution in [0.3, 0.4) is 0 Å². The molecule has 0 bridgehead atoms. The first-order chi connectivity index (χ1) is 15.0. The molecule has 0 radical (unpaired) electrons. The van der Waals surface area contributed by atoms with E-state index in [-0.39, 0.29) is 17.6 Å². The van der Waals surface area contributed by atoms with Crippen molar-refractivity contribution in [2.75, 3.05) is 38.6 Å². The number of benzene rings is 2. The van der Waals surface area contributed by atoms with E-state index in [2.05, 4.69) is 29.4 Å². The van der Waals surface area contributed by atoms with Gasteiger partial charge in [-0.15, -0.1) is 0 Å². The molecule has 0 unspecified atom stereocenters. The lowest BCUT2D eigenvalue weighted by Gasteiger charge is -2.21. The van der Waals surface area contributed by atoms with Gasteiger partial charge in [0, 0.05) is 17.7 Å². The second-order valence-electron chi connectivity index (χ2n) is 7.15. The summed E-state index contributed by atoms with van der Waals surface area (Å²) in [6.45, 7) is 7.81. The molecule has 1 aliphatic rings. The number of hydrogen-bond acceptors (Lipinski definition) is 5. The maximum absolute atomic E-state index is 12.5. The number of carbonyl (C=O) groups is 2. The molecule has 0 aliphatic carbocycles. The van der Waals surface area contributed by atoms with Gasteiger partial charge in [-0.25, -0.2) is 0 Å². The van der Waals surface area contributed by atoms with Crippen LogP contribution >= 0.6 is 0 Å². The van der Waals surface area contributed by atoms with Crippen LogP contribution < -0.4 is 20.1 Å². The number of rotatable bonds is 9. The fourth-order valence-corrected chi connectivity index (χ4v) is 3.38. The van der Waals surface area contributed by atoms with Gasteiger partial charge in [0.1, 0.15) is 5.75 Å². The van der Waals surface area contributed by atoms with Crippen LogP contribution in [0.1, 0.15) is 36.2 Å². The second-order valence-corrected chi connectivity index (χ2v) is 7.15. The highest BCUT2D eigenvalue weighted by molar-refractivity contribution is 6.09. The van der Waals surface area contributed by atoms with Crippen molar-refractivity contribution >= 4 is 23.6 Å². The van der Waals surface area contributed by atoms with Crippen LogP contribution in [0, 0.1) is 0 Å². The first kappa shape index (κ1) is 22.4. The molecule has 2 aromatic rings. The Bertz CT molecular complexity index is 967. The summed E-state index contributed by atoms with van der Waals surface area (Å²) in [6.07, 6.45) is 2.52. The summed E-state index contributed by atoms with van der Waals surface area (Å²) in [4.78, 5) is 27.3. The molecule has 2 N–H and O–H groups in total. The first-order valence-electron chi connectivity index (χ1n) is 10.5. The highest BCUT2D eigenvalue weighted by atomic mass is 16.5. The van der Waals surface area contributed by atoms with Gasteiger partial charge in [0.15, 0.2) is 11.5 Å². The maximum atomic E-state index is 12.5. The number of ether oxygens (including phenoxy) is 2. The van der Waals surface area contributed by atoms with E-state index in [9.17, 15) is 9.59 Å².